The van der Waals surface area contributed by atoms with Gasteiger partial charge in [0.05, 0.1) is 6.54 Å². The molecule has 1 aromatic rings. The van der Waals surface area contributed by atoms with Crippen LogP contribution in [-0.4, -0.2) is 44.7 Å². The number of aliphatic imine (C=N–C) groups is 1. The Morgan fingerprint density at radius 2 is 2.27 bits per heavy atom. The summed E-state index contributed by atoms with van der Waals surface area (Å²) in [6, 6.07) is 6.13. The van der Waals surface area contributed by atoms with E-state index in [1.165, 1.54) is 12.1 Å². The normalized spacial score (nSPS) is 10.6. The third-order valence-corrected chi connectivity index (χ3v) is 2.93. The molecule has 0 bridgehead atoms. The van der Waals surface area contributed by atoms with Gasteiger partial charge in [-0.2, -0.15) is 0 Å². The molecule has 4 nitrogen and oxygen atoms in total. The number of ether oxygens (including phenoxy) is 1. The van der Waals surface area contributed by atoms with E-state index in [0.29, 0.717) is 18.9 Å². The Bertz CT molecular complexity index is 468. The minimum atomic E-state index is -0.293. The zero-order chi connectivity index (χ0) is 15.5. The third kappa shape index (κ3) is 8.21. The van der Waals surface area contributed by atoms with Crippen LogP contribution in [0.5, 0.6) is 5.75 Å². The van der Waals surface area contributed by atoms with Gasteiger partial charge < -0.3 is 15.0 Å². The highest BCUT2D eigenvalue weighted by Crippen LogP contribution is 2.11. The number of unbranched alkanes of at least 4 members (excludes halogenated alkanes) is 1. The quantitative estimate of drug-likeness (QED) is 0.230. The van der Waals surface area contributed by atoms with Crippen molar-refractivity contribution in [3.63, 3.8) is 0 Å². The van der Waals surface area contributed by atoms with Gasteiger partial charge in [-0.25, -0.2) is 4.39 Å². The van der Waals surface area contributed by atoms with E-state index in [1.807, 2.05) is 13.1 Å². The standard InChI is InChI=1S/C16H24FN3O.HI/c1-4-5-6-11-20(3)16(18-2)19-10-12-21-15-9-7-8-14(17)13-15;/h4,7-9,13H,1,5-6,10-12H2,2-3H3,(H,18,19);1H. The summed E-state index contributed by atoms with van der Waals surface area (Å²) in [5.41, 5.74) is 0. The molecule has 0 saturated heterocycles. The molecule has 0 aromatic heterocycles. The summed E-state index contributed by atoms with van der Waals surface area (Å²) in [4.78, 5) is 6.28. The first kappa shape index (κ1) is 20.7. The smallest absolute Gasteiger partial charge is 0.193 e. The third-order valence-electron chi connectivity index (χ3n) is 2.93. The van der Waals surface area contributed by atoms with Crippen LogP contribution in [0.4, 0.5) is 4.39 Å². The molecule has 1 rings (SSSR count). The molecule has 124 valence electrons. The summed E-state index contributed by atoms with van der Waals surface area (Å²) >= 11 is 0. The lowest BCUT2D eigenvalue weighted by atomic mass is 10.3. The first-order chi connectivity index (χ1) is 10.2. The van der Waals surface area contributed by atoms with E-state index in [-0.39, 0.29) is 29.8 Å². The second-order valence-electron chi connectivity index (χ2n) is 4.63. The zero-order valence-corrected chi connectivity index (χ0v) is 15.5. The number of nitrogens with zero attached hydrogens (tertiary/aromatic N) is 2. The van der Waals surface area contributed by atoms with Crippen LogP contribution in [0, 0.1) is 5.82 Å². The van der Waals surface area contributed by atoms with Gasteiger partial charge in [0, 0.05) is 26.7 Å². The molecule has 0 saturated carbocycles. The van der Waals surface area contributed by atoms with Gasteiger partial charge in [0.15, 0.2) is 5.96 Å². The molecule has 6 heteroatoms. The number of halogens is 2. The average molecular weight is 421 g/mol. The van der Waals surface area contributed by atoms with Crippen molar-refractivity contribution in [1.29, 1.82) is 0 Å². The van der Waals surface area contributed by atoms with Gasteiger partial charge in [-0.15, -0.1) is 30.6 Å². The number of benzene rings is 1. The topological polar surface area (TPSA) is 36.9 Å². The lowest BCUT2D eigenvalue weighted by Crippen LogP contribution is -2.41. The van der Waals surface area contributed by atoms with Gasteiger partial charge in [0.25, 0.3) is 0 Å². The van der Waals surface area contributed by atoms with Gasteiger partial charge in [-0.3, -0.25) is 4.99 Å². The largest absolute Gasteiger partial charge is 0.492 e. The van der Waals surface area contributed by atoms with E-state index in [2.05, 4.69) is 21.8 Å². The summed E-state index contributed by atoms with van der Waals surface area (Å²) in [6.07, 6.45) is 3.95. The van der Waals surface area contributed by atoms with Crippen molar-refractivity contribution >= 4 is 29.9 Å². The lowest BCUT2D eigenvalue weighted by molar-refractivity contribution is 0.317. The molecule has 0 fully saturated rings. The van der Waals surface area contributed by atoms with E-state index in [1.54, 1.807) is 19.2 Å². The predicted molar refractivity (Wildman–Crippen MR) is 101 cm³/mol. The molecule has 0 aliphatic rings. The highest BCUT2D eigenvalue weighted by atomic mass is 127. The number of guanidine groups is 1. The number of hydrogen-bond donors (Lipinski definition) is 1. The lowest BCUT2D eigenvalue weighted by Gasteiger charge is -2.21. The molecule has 0 amide bonds. The molecule has 0 atom stereocenters. The highest BCUT2D eigenvalue weighted by molar-refractivity contribution is 14.0. The maximum absolute atomic E-state index is 13.0. The zero-order valence-electron chi connectivity index (χ0n) is 13.2. The Morgan fingerprint density at radius 3 is 2.91 bits per heavy atom. The minimum Gasteiger partial charge on any atom is -0.492 e. The van der Waals surface area contributed by atoms with E-state index >= 15 is 0 Å². The average Bonchev–Trinajstić information content (AvgIpc) is 2.47. The van der Waals surface area contributed by atoms with Crippen molar-refractivity contribution in [3.8, 4) is 5.75 Å². The van der Waals surface area contributed by atoms with Gasteiger partial charge in [0.1, 0.15) is 18.2 Å². The Labute approximate surface area is 149 Å². The molecule has 1 aromatic carbocycles. The fourth-order valence-electron chi connectivity index (χ4n) is 1.85. The van der Waals surface area contributed by atoms with Crippen LogP contribution in [0.15, 0.2) is 41.9 Å². The van der Waals surface area contributed by atoms with Gasteiger partial charge >= 0.3 is 0 Å². The van der Waals surface area contributed by atoms with Crippen molar-refractivity contribution in [2.24, 2.45) is 4.99 Å². The molecule has 0 unspecified atom stereocenters. The van der Waals surface area contributed by atoms with Gasteiger partial charge in [-0.1, -0.05) is 12.1 Å². The van der Waals surface area contributed by atoms with Crippen LogP contribution in [0.3, 0.4) is 0 Å². The van der Waals surface area contributed by atoms with E-state index in [0.717, 1.165) is 25.3 Å². The first-order valence-corrected chi connectivity index (χ1v) is 7.08. The van der Waals surface area contributed by atoms with Crippen molar-refractivity contribution < 1.29 is 9.13 Å². The number of nitrogens with one attached hydrogen (secondary N) is 1. The van der Waals surface area contributed by atoms with Crippen LogP contribution < -0.4 is 10.1 Å². The summed E-state index contributed by atoms with van der Waals surface area (Å²) in [5.74, 6) is 1.06. The molecule has 0 heterocycles. The molecular formula is C16H25FIN3O. The fraction of sp³-hybridized carbons (Fsp3) is 0.438. The second-order valence-corrected chi connectivity index (χ2v) is 4.63. The minimum absolute atomic E-state index is 0. The van der Waals surface area contributed by atoms with Crippen LogP contribution in [0.2, 0.25) is 0 Å². The molecular weight excluding hydrogens is 396 g/mol. The van der Waals surface area contributed by atoms with E-state index in [9.17, 15) is 4.39 Å². The van der Waals surface area contributed by atoms with Crippen LogP contribution in [0.25, 0.3) is 0 Å². The number of allylic oxidation sites excluding steroid dienone is 1. The summed E-state index contributed by atoms with van der Waals surface area (Å²) in [5, 5.41) is 3.21. The van der Waals surface area contributed by atoms with Crippen LogP contribution >= 0.6 is 24.0 Å². The number of hydrogen-bond acceptors (Lipinski definition) is 2. The molecule has 0 aliphatic carbocycles. The Kier molecular flexibility index (Phi) is 11.5. The SMILES string of the molecule is C=CCCCN(C)C(=NC)NCCOc1cccc(F)c1.I. The summed E-state index contributed by atoms with van der Waals surface area (Å²) in [6.45, 7) is 5.68. The Morgan fingerprint density at radius 1 is 1.50 bits per heavy atom. The number of rotatable bonds is 8. The second kappa shape index (κ2) is 12.3. The highest BCUT2D eigenvalue weighted by Gasteiger charge is 2.04. The Balaban J connectivity index is 0.00000441. The van der Waals surface area contributed by atoms with Crippen LogP contribution in [-0.2, 0) is 0 Å². The molecule has 0 aliphatic heterocycles. The maximum atomic E-state index is 13.0. The van der Waals surface area contributed by atoms with Crippen molar-refractivity contribution in [2.45, 2.75) is 12.8 Å². The van der Waals surface area contributed by atoms with Crippen molar-refractivity contribution in [1.82, 2.24) is 10.2 Å². The van der Waals surface area contributed by atoms with Crippen molar-refractivity contribution in [3.05, 3.63) is 42.7 Å². The van der Waals surface area contributed by atoms with Crippen molar-refractivity contribution in [2.75, 3.05) is 33.8 Å². The Hall–Kier alpha value is -1.31. The summed E-state index contributed by atoms with van der Waals surface area (Å²) in [7, 11) is 3.74. The monoisotopic (exact) mass is 421 g/mol. The fourth-order valence-corrected chi connectivity index (χ4v) is 1.85. The van der Waals surface area contributed by atoms with Gasteiger partial charge in [-0.05, 0) is 25.0 Å². The molecule has 22 heavy (non-hydrogen) atoms. The first-order valence-electron chi connectivity index (χ1n) is 7.08. The molecule has 0 spiro atoms. The van der Waals surface area contributed by atoms with E-state index < -0.39 is 0 Å². The molecule has 1 N–H and O–H groups in total. The molecule has 0 radical (unpaired) electrons. The van der Waals surface area contributed by atoms with E-state index in [4.69, 9.17) is 4.74 Å². The predicted octanol–water partition coefficient (Wildman–Crippen LogP) is 3.30. The summed E-state index contributed by atoms with van der Waals surface area (Å²) < 4.78 is 18.5. The maximum Gasteiger partial charge on any atom is 0.193 e. The van der Waals surface area contributed by atoms with Crippen LogP contribution in [0.1, 0.15) is 12.8 Å². The van der Waals surface area contributed by atoms with Gasteiger partial charge in [0.2, 0.25) is 0 Å².